The molecule has 0 aliphatic heterocycles. The molecule has 0 amide bonds. The first kappa shape index (κ1) is 11.6. The molecule has 0 aromatic heterocycles. The number of hydrogen-bond donors (Lipinski definition) is 2. The summed E-state index contributed by atoms with van der Waals surface area (Å²) in [6.45, 7) is 0. The van der Waals surface area contributed by atoms with Crippen LogP contribution < -0.4 is 0 Å². The maximum Gasteiger partial charge on any atom is 0.530 e. The van der Waals surface area contributed by atoms with Crippen molar-refractivity contribution in [1.29, 1.82) is 0 Å². The van der Waals surface area contributed by atoms with E-state index < -0.39 is 6.40 Å². The summed E-state index contributed by atoms with van der Waals surface area (Å²) in [6.07, 6.45) is -1.37. The normalized spacial score (nSPS) is 11.0. The fourth-order valence-electron chi connectivity index (χ4n) is 2.11. The summed E-state index contributed by atoms with van der Waals surface area (Å²) >= 11 is 1.03. The van der Waals surface area contributed by atoms with Crippen molar-refractivity contribution in [3.63, 3.8) is 0 Å². The first-order valence-corrected chi connectivity index (χ1v) is 6.56. The topological polar surface area (TPSA) is 40.5 Å². The van der Waals surface area contributed by atoms with E-state index in [-0.39, 0.29) is 0 Å². The largest absolute Gasteiger partial charge is 0.530 e. The molecule has 3 rings (SSSR count). The third-order valence-electron chi connectivity index (χ3n) is 2.92. The van der Waals surface area contributed by atoms with Crippen LogP contribution in [0, 0.1) is 0 Å². The van der Waals surface area contributed by atoms with Crippen molar-refractivity contribution in [2.24, 2.45) is 0 Å². The van der Waals surface area contributed by atoms with Gasteiger partial charge in [0.2, 0.25) is 0 Å². The summed E-state index contributed by atoms with van der Waals surface area (Å²) in [6, 6.07) is 18.4. The molecule has 0 saturated heterocycles. The minimum absolute atomic E-state index is 0.854. The third kappa shape index (κ3) is 2.23. The predicted molar refractivity (Wildman–Crippen MR) is 77.5 cm³/mol. The van der Waals surface area contributed by atoms with Gasteiger partial charge in [0.1, 0.15) is 0 Å². The Hall–Kier alpha value is -1.49. The molecule has 0 bridgehead atoms. The molecule has 18 heavy (non-hydrogen) atoms. The zero-order chi connectivity index (χ0) is 12.5. The Morgan fingerprint density at radius 3 is 2.00 bits per heavy atom. The average Bonchev–Trinajstić information content (AvgIpc) is 2.35. The predicted octanol–water partition coefficient (Wildman–Crippen LogP) is 3.05. The lowest BCUT2D eigenvalue weighted by atomic mass is 10.0. The maximum absolute atomic E-state index is 8.97. The van der Waals surface area contributed by atoms with Crippen molar-refractivity contribution in [3.8, 4) is 0 Å². The summed E-state index contributed by atoms with van der Waals surface area (Å²) in [4.78, 5) is 0.854. The lowest BCUT2D eigenvalue weighted by Crippen LogP contribution is -2.03. The van der Waals surface area contributed by atoms with E-state index in [9.17, 15) is 0 Å². The Morgan fingerprint density at radius 1 is 0.722 bits per heavy atom. The highest BCUT2D eigenvalue weighted by molar-refractivity contribution is 8.23. The van der Waals surface area contributed by atoms with E-state index in [1.165, 1.54) is 10.8 Å². The van der Waals surface area contributed by atoms with Crippen LogP contribution in [0.5, 0.6) is 0 Å². The van der Waals surface area contributed by atoms with Gasteiger partial charge < -0.3 is 10.0 Å². The van der Waals surface area contributed by atoms with Crippen molar-refractivity contribution in [1.82, 2.24) is 0 Å². The second-order valence-electron chi connectivity index (χ2n) is 4.15. The second kappa shape index (κ2) is 4.65. The van der Waals surface area contributed by atoms with Crippen LogP contribution in [0.4, 0.5) is 0 Å². The van der Waals surface area contributed by atoms with Crippen molar-refractivity contribution in [3.05, 3.63) is 54.6 Å². The highest BCUT2D eigenvalue weighted by Gasteiger charge is 2.09. The van der Waals surface area contributed by atoms with E-state index in [1.54, 1.807) is 0 Å². The molecular weight excluding hydrogens is 243 g/mol. The van der Waals surface area contributed by atoms with Crippen LogP contribution in [-0.4, -0.2) is 16.4 Å². The SMILES string of the molecule is OB(O)Sc1ccc2cc3ccccc3cc2c1. The van der Waals surface area contributed by atoms with Gasteiger partial charge in [0.05, 0.1) is 0 Å². The summed E-state index contributed by atoms with van der Waals surface area (Å²) in [5.41, 5.74) is 0. The molecule has 2 N–H and O–H groups in total. The summed E-state index contributed by atoms with van der Waals surface area (Å²) < 4.78 is 0. The fraction of sp³-hybridized carbons (Fsp3) is 0. The van der Waals surface area contributed by atoms with Gasteiger partial charge in [-0.25, -0.2) is 0 Å². The molecule has 3 aromatic rings. The van der Waals surface area contributed by atoms with Crippen LogP contribution in [0.25, 0.3) is 21.5 Å². The zero-order valence-electron chi connectivity index (χ0n) is 9.58. The molecule has 0 radical (unpaired) electrons. The van der Waals surface area contributed by atoms with E-state index in [0.29, 0.717) is 0 Å². The van der Waals surface area contributed by atoms with Gasteiger partial charge >= 0.3 is 6.40 Å². The lowest BCUT2D eigenvalue weighted by Gasteiger charge is -2.05. The van der Waals surface area contributed by atoms with Crippen molar-refractivity contribution in [2.45, 2.75) is 4.90 Å². The highest BCUT2D eigenvalue weighted by atomic mass is 32.2. The molecule has 4 heteroatoms. The molecule has 0 aliphatic rings. The molecule has 0 heterocycles. The van der Waals surface area contributed by atoms with Gasteiger partial charge in [-0.3, -0.25) is 0 Å². The molecule has 0 spiro atoms. The number of rotatable bonds is 2. The Labute approximate surface area is 109 Å². The van der Waals surface area contributed by atoms with E-state index in [4.69, 9.17) is 10.0 Å². The Bertz CT molecular complexity index is 712. The highest BCUT2D eigenvalue weighted by Crippen LogP contribution is 2.27. The standard InChI is InChI=1S/C14H11BO2S/c16-15(17)18-14-6-5-12-7-10-3-1-2-4-11(10)8-13(12)9-14/h1-9,16-17H. The van der Waals surface area contributed by atoms with Crippen molar-refractivity contribution < 1.29 is 10.0 Å². The number of benzene rings is 3. The van der Waals surface area contributed by atoms with Crippen LogP contribution in [0.1, 0.15) is 0 Å². The summed E-state index contributed by atoms with van der Waals surface area (Å²) in [5, 5.41) is 22.6. The molecule has 0 atom stereocenters. The molecule has 0 aliphatic carbocycles. The molecule has 0 fully saturated rings. The Kier molecular flexibility index (Phi) is 3.00. The first-order chi connectivity index (χ1) is 8.72. The van der Waals surface area contributed by atoms with Gasteiger partial charge in [-0.05, 0) is 45.8 Å². The lowest BCUT2D eigenvalue weighted by molar-refractivity contribution is 0.438. The maximum atomic E-state index is 8.97. The average molecular weight is 254 g/mol. The smallest absolute Gasteiger partial charge is 0.418 e. The van der Waals surface area contributed by atoms with Crippen LogP contribution in [0.3, 0.4) is 0 Å². The fourth-order valence-corrected chi connectivity index (χ4v) is 2.70. The minimum atomic E-state index is -1.37. The van der Waals surface area contributed by atoms with E-state index >= 15 is 0 Å². The van der Waals surface area contributed by atoms with Gasteiger partial charge in [-0.2, -0.15) is 0 Å². The number of hydrogen-bond acceptors (Lipinski definition) is 3. The summed E-state index contributed by atoms with van der Waals surface area (Å²) in [7, 11) is 0. The summed E-state index contributed by atoms with van der Waals surface area (Å²) in [5.74, 6) is 0. The quantitative estimate of drug-likeness (QED) is 0.545. The number of fused-ring (bicyclic) bond motifs is 2. The zero-order valence-corrected chi connectivity index (χ0v) is 10.4. The van der Waals surface area contributed by atoms with E-state index in [1.807, 2.05) is 30.3 Å². The van der Waals surface area contributed by atoms with Gasteiger partial charge in [-0.15, -0.1) is 11.6 Å². The van der Waals surface area contributed by atoms with Crippen LogP contribution >= 0.6 is 11.6 Å². The monoisotopic (exact) mass is 254 g/mol. The molecule has 0 saturated carbocycles. The molecule has 2 nitrogen and oxygen atoms in total. The van der Waals surface area contributed by atoms with E-state index in [2.05, 4.69) is 24.3 Å². The Morgan fingerprint density at radius 2 is 1.33 bits per heavy atom. The molecule has 3 aromatic carbocycles. The molecule has 88 valence electrons. The van der Waals surface area contributed by atoms with E-state index in [0.717, 1.165) is 27.3 Å². The minimum Gasteiger partial charge on any atom is -0.418 e. The Balaban J connectivity index is 2.18. The van der Waals surface area contributed by atoms with Crippen molar-refractivity contribution in [2.75, 3.05) is 0 Å². The van der Waals surface area contributed by atoms with Crippen molar-refractivity contribution >= 4 is 39.6 Å². The molecule has 0 unspecified atom stereocenters. The first-order valence-electron chi connectivity index (χ1n) is 5.68. The van der Waals surface area contributed by atoms with Crippen LogP contribution in [0.15, 0.2) is 59.5 Å². The van der Waals surface area contributed by atoms with Gasteiger partial charge in [0, 0.05) is 4.90 Å². The van der Waals surface area contributed by atoms with Gasteiger partial charge in [0.25, 0.3) is 0 Å². The van der Waals surface area contributed by atoms with Crippen LogP contribution in [0.2, 0.25) is 0 Å². The van der Waals surface area contributed by atoms with Crippen LogP contribution in [-0.2, 0) is 0 Å². The van der Waals surface area contributed by atoms with Gasteiger partial charge in [0.15, 0.2) is 0 Å². The third-order valence-corrected chi connectivity index (χ3v) is 3.65. The second-order valence-corrected chi connectivity index (χ2v) is 5.28. The molecular formula is C14H11BO2S. The van der Waals surface area contributed by atoms with Gasteiger partial charge in [-0.1, -0.05) is 30.3 Å².